The number of methoxy groups -OCH3 is 1. The van der Waals surface area contributed by atoms with Gasteiger partial charge in [0.2, 0.25) is 0 Å². The van der Waals surface area contributed by atoms with Crippen molar-refractivity contribution in [3.63, 3.8) is 0 Å². The van der Waals surface area contributed by atoms with Gasteiger partial charge in [-0.2, -0.15) is 0 Å². The van der Waals surface area contributed by atoms with Gasteiger partial charge in [-0.25, -0.2) is 14.6 Å². The second-order valence-electron chi connectivity index (χ2n) is 6.36. The maximum atomic E-state index is 12.1. The molecule has 2 heterocycles. The average molecular weight is 341 g/mol. The van der Waals surface area contributed by atoms with Crippen molar-refractivity contribution in [2.45, 2.75) is 33.3 Å². The molecule has 1 amide bonds. The third-order valence-electron chi connectivity index (χ3n) is 3.36. The Bertz CT molecular complexity index is 586. The fourth-order valence-electron chi connectivity index (χ4n) is 2.21. The van der Waals surface area contributed by atoms with E-state index in [-0.39, 0.29) is 12.1 Å². The predicted molar refractivity (Wildman–Crippen MR) is 88.2 cm³/mol. The van der Waals surface area contributed by atoms with Crippen LogP contribution in [0, 0.1) is 6.92 Å². The largest absolute Gasteiger partial charge is 0.465 e. The van der Waals surface area contributed by atoms with Crippen molar-refractivity contribution < 1.29 is 19.1 Å². The summed E-state index contributed by atoms with van der Waals surface area (Å²) in [5, 5.41) is 0.784. The van der Waals surface area contributed by atoms with Crippen molar-refractivity contribution in [1.82, 2.24) is 9.88 Å². The zero-order valence-corrected chi connectivity index (χ0v) is 15.0. The SMILES string of the molecule is COC(=O)c1sc(N2CCN(C(=O)OC(C)(C)C)CC2)nc1C. The van der Waals surface area contributed by atoms with E-state index in [1.54, 1.807) is 11.8 Å². The lowest BCUT2D eigenvalue weighted by Crippen LogP contribution is -2.50. The number of esters is 1. The summed E-state index contributed by atoms with van der Waals surface area (Å²) in [5.41, 5.74) is 0.183. The lowest BCUT2D eigenvalue weighted by molar-refractivity contribution is 0.0240. The molecule has 0 atom stereocenters. The van der Waals surface area contributed by atoms with Gasteiger partial charge in [0, 0.05) is 26.2 Å². The van der Waals surface area contributed by atoms with Gasteiger partial charge >= 0.3 is 12.1 Å². The molecule has 0 bridgehead atoms. The van der Waals surface area contributed by atoms with E-state index in [9.17, 15) is 9.59 Å². The zero-order chi connectivity index (χ0) is 17.2. The van der Waals surface area contributed by atoms with E-state index in [4.69, 9.17) is 9.47 Å². The maximum absolute atomic E-state index is 12.1. The Morgan fingerprint density at radius 3 is 2.30 bits per heavy atom. The Morgan fingerprint density at radius 1 is 1.17 bits per heavy atom. The molecule has 0 N–H and O–H groups in total. The Kier molecular flexibility index (Phi) is 5.13. The fourth-order valence-corrected chi connectivity index (χ4v) is 3.24. The summed E-state index contributed by atoms with van der Waals surface area (Å²) in [5.74, 6) is -0.362. The lowest BCUT2D eigenvalue weighted by atomic mass is 10.2. The van der Waals surface area contributed by atoms with E-state index < -0.39 is 5.60 Å². The molecule has 0 aliphatic carbocycles. The Labute approximate surface area is 140 Å². The van der Waals surface area contributed by atoms with Crippen LogP contribution in [-0.2, 0) is 9.47 Å². The minimum Gasteiger partial charge on any atom is -0.465 e. The van der Waals surface area contributed by atoms with E-state index in [1.165, 1.54) is 18.4 Å². The fraction of sp³-hybridized carbons (Fsp3) is 0.667. The number of aryl methyl sites for hydroxylation is 1. The first kappa shape index (κ1) is 17.5. The molecule has 1 aromatic heterocycles. The van der Waals surface area contributed by atoms with Crippen molar-refractivity contribution in [1.29, 1.82) is 0 Å². The van der Waals surface area contributed by atoms with Crippen LogP contribution < -0.4 is 4.90 Å². The van der Waals surface area contributed by atoms with E-state index in [0.717, 1.165) is 5.13 Å². The van der Waals surface area contributed by atoms with E-state index >= 15 is 0 Å². The molecule has 1 aromatic rings. The number of anilines is 1. The molecule has 7 nitrogen and oxygen atoms in total. The molecule has 0 spiro atoms. The molecular weight excluding hydrogens is 318 g/mol. The molecule has 0 saturated carbocycles. The summed E-state index contributed by atoms with van der Waals surface area (Å²) in [6.45, 7) is 9.82. The van der Waals surface area contributed by atoms with Crippen LogP contribution in [0.15, 0.2) is 0 Å². The normalized spacial score (nSPS) is 15.5. The van der Waals surface area contributed by atoms with Crippen molar-refractivity contribution in [3.05, 3.63) is 10.6 Å². The van der Waals surface area contributed by atoms with Crippen LogP contribution in [0.25, 0.3) is 0 Å². The highest BCUT2D eigenvalue weighted by molar-refractivity contribution is 7.17. The van der Waals surface area contributed by atoms with Crippen molar-refractivity contribution in [2.75, 3.05) is 38.2 Å². The topological polar surface area (TPSA) is 72.0 Å². The van der Waals surface area contributed by atoms with Gasteiger partial charge < -0.3 is 19.3 Å². The van der Waals surface area contributed by atoms with Crippen LogP contribution in [0.1, 0.15) is 36.1 Å². The second kappa shape index (κ2) is 6.74. The number of amides is 1. The molecule has 0 unspecified atom stereocenters. The van der Waals surface area contributed by atoms with Crippen molar-refractivity contribution in [2.24, 2.45) is 0 Å². The number of hydrogen-bond donors (Lipinski definition) is 0. The molecule has 128 valence electrons. The number of carbonyl (C=O) groups is 2. The first-order valence-corrected chi connectivity index (χ1v) is 8.31. The summed E-state index contributed by atoms with van der Waals surface area (Å²) in [4.78, 5) is 32.5. The van der Waals surface area contributed by atoms with Crippen LogP contribution in [0.2, 0.25) is 0 Å². The highest BCUT2D eigenvalue weighted by Gasteiger charge is 2.27. The summed E-state index contributed by atoms with van der Waals surface area (Å²) in [7, 11) is 1.36. The second-order valence-corrected chi connectivity index (χ2v) is 7.33. The van der Waals surface area contributed by atoms with Gasteiger partial charge in [0.05, 0.1) is 12.8 Å². The average Bonchev–Trinajstić information content (AvgIpc) is 2.87. The van der Waals surface area contributed by atoms with Gasteiger partial charge in [0.25, 0.3) is 0 Å². The van der Waals surface area contributed by atoms with Gasteiger partial charge in [-0.3, -0.25) is 0 Å². The van der Waals surface area contributed by atoms with E-state index in [0.29, 0.717) is 36.8 Å². The summed E-state index contributed by atoms with van der Waals surface area (Å²) < 4.78 is 10.1. The zero-order valence-electron chi connectivity index (χ0n) is 14.2. The molecule has 8 heteroatoms. The van der Waals surface area contributed by atoms with E-state index in [1.807, 2.05) is 20.8 Å². The Morgan fingerprint density at radius 2 is 1.78 bits per heavy atom. The van der Waals surface area contributed by atoms with Crippen LogP contribution in [0.3, 0.4) is 0 Å². The van der Waals surface area contributed by atoms with Crippen molar-refractivity contribution >= 4 is 28.5 Å². The third kappa shape index (κ3) is 4.34. The molecule has 1 fully saturated rings. The quantitative estimate of drug-likeness (QED) is 0.769. The van der Waals surface area contributed by atoms with Gasteiger partial charge in [-0.05, 0) is 27.7 Å². The van der Waals surface area contributed by atoms with Crippen LogP contribution in [0.4, 0.5) is 9.93 Å². The monoisotopic (exact) mass is 341 g/mol. The van der Waals surface area contributed by atoms with Crippen molar-refractivity contribution in [3.8, 4) is 0 Å². The summed E-state index contributed by atoms with van der Waals surface area (Å²) in [6, 6.07) is 0. The molecule has 23 heavy (non-hydrogen) atoms. The number of nitrogens with zero attached hydrogens (tertiary/aromatic N) is 3. The number of hydrogen-bond acceptors (Lipinski definition) is 7. The van der Waals surface area contributed by atoms with Gasteiger partial charge in [0.15, 0.2) is 5.13 Å². The molecule has 0 aromatic carbocycles. The lowest BCUT2D eigenvalue weighted by Gasteiger charge is -2.35. The molecule has 2 rings (SSSR count). The predicted octanol–water partition coefficient (Wildman–Crippen LogP) is 2.30. The first-order valence-electron chi connectivity index (χ1n) is 7.50. The van der Waals surface area contributed by atoms with E-state index in [2.05, 4.69) is 9.88 Å². The Balaban J connectivity index is 1.97. The molecule has 1 aliphatic rings. The molecule has 0 radical (unpaired) electrons. The molecular formula is C15H23N3O4S. The Hall–Kier alpha value is -1.83. The smallest absolute Gasteiger partial charge is 0.410 e. The first-order chi connectivity index (χ1) is 10.7. The number of aromatic nitrogens is 1. The van der Waals surface area contributed by atoms with Crippen LogP contribution in [-0.4, -0.2) is 60.8 Å². The van der Waals surface area contributed by atoms with Gasteiger partial charge in [-0.15, -0.1) is 0 Å². The number of thiazole rings is 1. The number of piperazine rings is 1. The number of rotatable bonds is 2. The third-order valence-corrected chi connectivity index (χ3v) is 4.56. The van der Waals surface area contributed by atoms with Crippen LogP contribution in [0.5, 0.6) is 0 Å². The summed E-state index contributed by atoms with van der Waals surface area (Å²) in [6.07, 6.45) is -0.289. The maximum Gasteiger partial charge on any atom is 0.410 e. The minimum atomic E-state index is -0.490. The summed E-state index contributed by atoms with van der Waals surface area (Å²) >= 11 is 1.32. The highest BCUT2D eigenvalue weighted by atomic mass is 32.1. The highest BCUT2D eigenvalue weighted by Crippen LogP contribution is 2.27. The number of ether oxygens (including phenoxy) is 2. The standard InChI is InChI=1S/C15H23N3O4S/c1-10-11(12(19)21-5)23-13(16-10)17-6-8-18(9-7-17)14(20)22-15(2,3)4/h6-9H2,1-5H3. The molecule has 1 aliphatic heterocycles. The molecule has 1 saturated heterocycles. The van der Waals surface area contributed by atoms with Gasteiger partial charge in [0.1, 0.15) is 10.5 Å². The van der Waals surface area contributed by atoms with Gasteiger partial charge in [-0.1, -0.05) is 11.3 Å². The minimum absolute atomic E-state index is 0.289. The van der Waals surface area contributed by atoms with Crippen LogP contribution >= 0.6 is 11.3 Å². The number of carbonyl (C=O) groups excluding carboxylic acids is 2.